The molecule has 25 heavy (non-hydrogen) atoms. The van der Waals surface area contributed by atoms with Gasteiger partial charge in [0.2, 0.25) is 5.91 Å². The molecule has 8 heteroatoms. The fraction of sp³-hybridized carbons (Fsp3) is 0.118. The van der Waals surface area contributed by atoms with Crippen LogP contribution in [0.25, 0.3) is 0 Å². The van der Waals surface area contributed by atoms with Crippen LogP contribution in [0, 0.1) is 0 Å². The Morgan fingerprint density at radius 3 is 2.80 bits per heavy atom. The highest BCUT2D eigenvalue weighted by atomic mass is 32.2. The van der Waals surface area contributed by atoms with Crippen molar-refractivity contribution in [1.29, 1.82) is 0 Å². The third kappa shape index (κ3) is 4.49. The molecule has 128 valence electrons. The van der Waals surface area contributed by atoms with Gasteiger partial charge in [0.25, 0.3) is 5.91 Å². The molecule has 6 nitrogen and oxygen atoms in total. The van der Waals surface area contributed by atoms with Crippen LogP contribution < -0.4 is 11.1 Å². The number of hydrogen-bond acceptors (Lipinski definition) is 5. The second-order valence-electron chi connectivity index (χ2n) is 5.19. The van der Waals surface area contributed by atoms with Crippen molar-refractivity contribution < 1.29 is 9.59 Å². The van der Waals surface area contributed by atoms with E-state index in [1.165, 1.54) is 23.1 Å². The Labute approximate surface area is 153 Å². The van der Waals surface area contributed by atoms with Crippen LogP contribution in [0.5, 0.6) is 0 Å². The summed E-state index contributed by atoms with van der Waals surface area (Å²) in [6, 6.07) is 11.6. The van der Waals surface area contributed by atoms with E-state index in [0.717, 1.165) is 10.7 Å². The molecule has 0 spiro atoms. The van der Waals surface area contributed by atoms with E-state index >= 15 is 0 Å². The number of carbonyl (C=O) groups is 2. The first-order valence-electron chi connectivity index (χ1n) is 7.48. The Hall–Kier alpha value is -2.58. The smallest absolute Gasteiger partial charge is 0.251 e. The molecule has 3 rings (SSSR count). The lowest BCUT2D eigenvalue weighted by atomic mass is 10.2. The molecule has 0 bridgehead atoms. The van der Waals surface area contributed by atoms with E-state index in [9.17, 15) is 9.59 Å². The lowest BCUT2D eigenvalue weighted by Crippen LogP contribution is -2.18. The summed E-state index contributed by atoms with van der Waals surface area (Å²) >= 11 is 2.62. The van der Waals surface area contributed by atoms with E-state index < -0.39 is 5.91 Å². The molecule has 1 aromatic carbocycles. The molecule has 3 aromatic rings. The summed E-state index contributed by atoms with van der Waals surface area (Å²) in [7, 11) is 0. The molecule has 2 aromatic heterocycles. The molecule has 3 N–H and O–H groups in total. The largest absolute Gasteiger partial charge is 0.366 e. The SMILES string of the molecule is NC(=O)c1ccsc1NC(=O)CSc1nccn1Cc1ccccc1. The van der Waals surface area contributed by atoms with E-state index in [4.69, 9.17) is 5.73 Å². The van der Waals surface area contributed by atoms with Crippen LogP contribution in [0.1, 0.15) is 15.9 Å². The number of primary amides is 1. The molecule has 0 radical (unpaired) electrons. The van der Waals surface area contributed by atoms with Gasteiger partial charge in [-0.2, -0.15) is 0 Å². The average molecular weight is 372 g/mol. The van der Waals surface area contributed by atoms with Gasteiger partial charge < -0.3 is 15.6 Å². The highest BCUT2D eigenvalue weighted by molar-refractivity contribution is 7.99. The maximum Gasteiger partial charge on any atom is 0.251 e. The molecule has 0 aliphatic carbocycles. The Balaban J connectivity index is 1.59. The van der Waals surface area contributed by atoms with Crippen LogP contribution in [0.2, 0.25) is 0 Å². The summed E-state index contributed by atoms with van der Waals surface area (Å²) in [5.41, 5.74) is 6.77. The molecular weight excluding hydrogens is 356 g/mol. The van der Waals surface area contributed by atoms with Crippen molar-refractivity contribution in [3.63, 3.8) is 0 Å². The molecule has 2 amide bonds. The van der Waals surface area contributed by atoms with Crippen molar-refractivity contribution in [3.05, 3.63) is 65.3 Å². The monoisotopic (exact) mass is 372 g/mol. The first kappa shape index (κ1) is 17.2. The third-order valence-electron chi connectivity index (χ3n) is 3.39. The van der Waals surface area contributed by atoms with Crippen LogP contribution in [0.15, 0.2) is 59.3 Å². The number of thiophene rings is 1. The molecule has 0 saturated heterocycles. The Kier molecular flexibility index (Phi) is 5.52. The molecule has 2 heterocycles. The zero-order valence-corrected chi connectivity index (χ0v) is 14.8. The number of carbonyl (C=O) groups excluding carboxylic acids is 2. The Bertz CT molecular complexity index is 874. The van der Waals surface area contributed by atoms with Crippen molar-refractivity contribution in [2.24, 2.45) is 5.73 Å². The fourth-order valence-corrected chi connectivity index (χ4v) is 3.80. The zero-order chi connectivity index (χ0) is 17.6. The summed E-state index contributed by atoms with van der Waals surface area (Å²) < 4.78 is 1.99. The summed E-state index contributed by atoms with van der Waals surface area (Å²) in [4.78, 5) is 27.7. The average Bonchev–Trinajstić information content (AvgIpc) is 3.23. The molecule has 0 unspecified atom stereocenters. The predicted octanol–water partition coefficient (Wildman–Crippen LogP) is 2.82. The minimum Gasteiger partial charge on any atom is -0.366 e. The van der Waals surface area contributed by atoms with Gasteiger partial charge in [0.15, 0.2) is 5.16 Å². The number of nitrogens with zero attached hydrogens (tertiary/aromatic N) is 2. The number of rotatable bonds is 7. The fourth-order valence-electron chi connectivity index (χ4n) is 2.23. The van der Waals surface area contributed by atoms with Gasteiger partial charge in [-0.25, -0.2) is 4.98 Å². The maximum atomic E-state index is 12.1. The van der Waals surface area contributed by atoms with E-state index in [0.29, 0.717) is 17.1 Å². The van der Waals surface area contributed by atoms with Crippen LogP contribution >= 0.6 is 23.1 Å². The number of aromatic nitrogens is 2. The number of nitrogens with two attached hydrogens (primary N) is 1. The lowest BCUT2D eigenvalue weighted by Gasteiger charge is -2.08. The number of amides is 2. The van der Waals surface area contributed by atoms with Crippen molar-refractivity contribution >= 4 is 39.9 Å². The number of benzene rings is 1. The highest BCUT2D eigenvalue weighted by Crippen LogP contribution is 2.24. The molecule has 0 aliphatic heterocycles. The summed E-state index contributed by atoms with van der Waals surface area (Å²) in [5.74, 6) is -0.561. The lowest BCUT2D eigenvalue weighted by molar-refractivity contribution is -0.113. The number of thioether (sulfide) groups is 1. The van der Waals surface area contributed by atoms with Gasteiger partial charge in [-0.05, 0) is 17.0 Å². The Morgan fingerprint density at radius 2 is 2.04 bits per heavy atom. The summed E-state index contributed by atoms with van der Waals surface area (Å²) in [6.07, 6.45) is 3.60. The minimum atomic E-state index is -0.553. The van der Waals surface area contributed by atoms with Gasteiger partial charge in [0, 0.05) is 18.9 Å². The van der Waals surface area contributed by atoms with E-state index in [2.05, 4.69) is 10.3 Å². The van der Waals surface area contributed by atoms with Crippen molar-refractivity contribution in [2.75, 3.05) is 11.1 Å². The van der Waals surface area contributed by atoms with Gasteiger partial charge in [0.1, 0.15) is 5.00 Å². The van der Waals surface area contributed by atoms with Crippen molar-refractivity contribution in [2.45, 2.75) is 11.7 Å². The van der Waals surface area contributed by atoms with Crippen LogP contribution in [0.3, 0.4) is 0 Å². The van der Waals surface area contributed by atoms with Crippen molar-refractivity contribution in [3.8, 4) is 0 Å². The number of anilines is 1. The topological polar surface area (TPSA) is 90.0 Å². The minimum absolute atomic E-state index is 0.196. The number of imidazole rings is 1. The van der Waals surface area contributed by atoms with Gasteiger partial charge >= 0.3 is 0 Å². The molecule has 0 fully saturated rings. The quantitative estimate of drug-likeness (QED) is 0.624. The normalized spacial score (nSPS) is 10.6. The summed E-state index contributed by atoms with van der Waals surface area (Å²) in [6.45, 7) is 0.696. The van der Waals surface area contributed by atoms with E-state index in [1.54, 1.807) is 17.6 Å². The molecule has 0 saturated carbocycles. The van der Waals surface area contributed by atoms with E-state index in [-0.39, 0.29) is 11.7 Å². The number of hydrogen-bond donors (Lipinski definition) is 2. The third-order valence-corrected chi connectivity index (χ3v) is 5.22. The molecule has 0 aliphatic rings. The first-order valence-corrected chi connectivity index (χ1v) is 9.35. The number of nitrogens with one attached hydrogen (secondary N) is 1. The zero-order valence-electron chi connectivity index (χ0n) is 13.2. The second kappa shape index (κ2) is 8.00. The molecule has 0 atom stereocenters. The van der Waals surface area contributed by atoms with Crippen LogP contribution in [-0.4, -0.2) is 27.1 Å². The van der Waals surface area contributed by atoms with Gasteiger partial charge in [-0.1, -0.05) is 42.1 Å². The standard InChI is InChI=1S/C17H16N4O2S2/c18-15(23)13-6-9-24-16(13)20-14(22)11-25-17-19-7-8-21(17)10-12-4-2-1-3-5-12/h1-9H,10-11H2,(H2,18,23)(H,20,22). The highest BCUT2D eigenvalue weighted by Gasteiger charge is 2.13. The predicted molar refractivity (Wildman–Crippen MR) is 100.0 cm³/mol. The van der Waals surface area contributed by atoms with E-state index in [1.807, 2.05) is 41.1 Å². The molecular formula is C17H16N4O2S2. The first-order chi connectivity index (χ1) is 12.1. The summed E-state index contributed by atoms with van der Waals surface area (Å²) in [5, 5.41) is 5.68. The van der Waals surface area contributed by atoms with Gasteiger partial charge in [-0.15, -0.1) is 11.3 Å². The van der Waals surface area contributed by atoms with Crippen LogP contribution in [0.4, 0.5) is 5.00 Å². The van der Waals surface area contributed by atoms with Crippen molar-refractivity contribution in [1.82, 2.24) is 9.55 Å². The second-order valence-corrected chi connectivity index (χ2v) is 7.05. The van der Waals surface area contributed by atoms with Gasteiger partial charge in [-0.3, -0.25) is 9.59 Å². The van der Waals surface area contributed by atoms with Gasteiger partial charge in [0.05, 0.1) is 11.3 Å². The maximum absolute atomic E-state index is 12.1. The van der Waals surface area contributed by atoms with Crippen LogP contribution in [-0.2, 0) is 11.3 Å². The Morgan fingerprint density at radius 1 is 1.24 bits per heavy atom.